The van der Waals surface area contributed by atoms with Gasteiger partial charge in [0.05, 0.1) is 5.92 Å². The summed E-state index contributed by atoms with van der Waals surface area (Å²) >= 11 is 5.87. The molecule has 8 heteroatoms. The highest BCUT2D eigenvalue weighted by Gasteiger charge is 2.45. The van der Waals surface area contributed by atoms with Gasteiger partial charge in [-0.3, -0.25) is 19.7 Å². The number of fused-ring (bicyclic) bond motifs is 1. The van der Waals surface area contributed by atoms with E-state index in [0.29, 0.717) is 16.3 Å². The summed E-state index contributed by atoms with van der Waals surface area (Å²) in [5, 5.41) is 14.1. The smallest absolute Gasteiger partial charge is 0.299 e. The first-order valence-electron chi connectivity index (χ1n) is 6.25. The Labute approximate surface area is 126 Å². The summed E-state index contributed by atoms with van der Waals surface area (Å²) in [6.45, 7) is 0. The lowest BCUT2D eigenvalue weighted by Crippen LogP contribution is -2.45. The fourth-order valence-corrected chi connectivity index (χ4v) is 2.53. The Bertz CT molecular complexity index is 617. The summed E-state index contributed by atoms with van der Waals surface area (Å²) in [6, 6.07) is 3.24. The molecule has 0 saturated carbocycles. The van der Waals surface area contributed by atoms with Gasteiger partial charge >= 0.3 is 0 Å². The molecule has 2 rings (SSSR count). The molecular weight excluding hydrogens is 298 g/mol. The van der Waals surface area contributed by atoms with E-state index in [1.807, 2.05) is 0 Å². The molecule has 2 unspecified atom stereocenters. The zero-order chi connectivity index (χ0) is 15.7. The predicted octanol–water partition coefficient (Wildman–Crippen LogP) is 1.50. The van der Waals surface area contributed by atoms with Crippen LogP contribution in [0.15, 0.2) is 18.2 Å². The van der Waals surface area contributed by atoms with E-state index in [2.05, 4.69) is 5.32 Å². The standard InChI is InChI=1S/C13H14ClN3O4/c1-16(2)11(18)6-9-8-4-3-7(14)5-10(8)15-13(19)12(9)17(20)21/h3-5,9,12H,6H2,1-2H3,(H,15,19). The Morgan fingerprint density at radius 3 is 2.71 bits per heavy atom. The fourth-order valence-electron chi connectivity index (χ4n) is 2.35. The monoisotopic (exact) mass is 311 g/mol. The lowest BCUT2D eigenvalue weighted by atomic mass is 9.84. The molecule has 0 radical (unpaired) electrons. The largest absolute Gasteiger partial charge is 0.349 e. The first-order valence-corrected chi connectivity index (χ1v) is 6.63. The molecule has 7 nitrogen and oxygen atoms in total. The van der Waals surface area contributed by atoms with Crippen LogP contribution in [-0.4, -0.2) is 41.8 Å². The maximum absolute atomic E-state index is 12.0. The minimum absolute atomic E-state index is 0.110. The number of halogens is 1. The quantitative estimate of drug-likeness (QED) is 0.676. The number of benzene rings is 1. The Morgan fingerprint density at radius 2 is 2.14 bits per heavy atom. The predicted molar refractivity (Wildman–Crippen MR) is 76.9 cm³/mol. The number of nitro groups is 1. The van der Waals surface area contributed by atoms with Gasteiger partial charge in [0, 0.05) is 36.1 Å². The third-order valence-electron chi connectivity index (χ3n) is 3.44. The highest BCUT2D eigenvalue weighted by molar-refractivity contribution is 6.31. The maximum atomic E-state index is 12.0. The van der Waals surface area contributed by atoms with Crippen molar-refractivity contribution in [3.8, 4) is 0 Å². The summed E-state index contributed by atoms with van der Waals surface area (Å²) in [6.07, 6.45) is -0.110. The van der Waals surface area contributed by atoms with Gasteiger partial charge < -0.3 is 10.2 Å². The van der Waals surface area contributed by atoms with Crippen LogP contribution in [0.3, 0.4) is 0 Å². The second-order valence-electron chi connectivity index (χ2n) is 5.05. The van der Waals surface area contributed by atoms with Gasteiger partial charge in [0.1, 0.15) is 0 Å². The average Bonchev–Trinajstić information content (AvgIpc) is 2.37. The second-order valence-corrected chi connectivity index (χ2v) is 5.49. The number of rotatable bonds is 3. The minimum Gasteiger partial charge on any atom is -0.349 e. The first kappa shape index (κ1) is 15.2. The SMILES string of the molecule is CN(C)C(=O)CC1c2ccc(Cl)cc2NC(=O)C1[N+](=O)[O-]. The molecule has 0 aliphatic carbocycles. The molecule has 1 aliphatic heterocycles. The molecule has 2 amide bonds. The zero-order valence-corrected chi connectivity index (χ0v) is 12.3. The van der Waals surface area contributed by atoms with E-state index in [4.69, 9.17) is 11.6 Å². The van der Waals surface area contributed by atoms with Crippen LogP contribution < -0.4 is 5.32 Å². The molecule has 1 aliphatic rings. The van der Waals surface area contributed by atoms with E-state index in [9.17, 15) is 19.7 Å². The van der Waals surface area contributed by atoms with Crippen LogP contribution in [0.2, 0.25) is 5.02 Å². The second kappa shape index (κ2) is 5.69. The third-order valence-corrected chi connectivity index (χ3v) is 3.68. The number of nitrogens with zero attached hydrogens (tertiary/aromatic N) is 2. The van der Waals surface area contributed by atoms with Gasteiger partial charge in [0.15, 0.2) is 0 Å². The minimum atomic E-state index is -1.48. The molecule has 1 heterocycles. The van der Waals surface area contributed by atoms with Crippen LogP contribution in [0.25, 0.3) is 0 Å². The van der Waals surface area contributed by atoms with Crippen molar-refractivity contribution < 1.29 is 14.5 Å². The van der Waals surface area contributed by atoms with E-state index in [-0.39, 0.29) is 12.3 Å². The van der Waals surface area contributed by atoms with Crippen LogP contribution in [0.5, 0.6) is 0 Å². The Kier molecular flexibility index (Phi) is 4.13. The van der Waals surface area contributed by atoms with Crippen LogP contribution in [0.4, 0.5) is 5.69 Å². The lowest BCUT2D eigenvalue weighted by Gasteiger charge is -2.28. The summed E-state index contributed by atoms with van der Waals surface area (Å²) in [5.41, 5.74) is 0.970. The van der Waals surface area contributed by atoms with Crippen molar-refractivity contribution in [3.05, 3.63) is 38.9 Å². The maximum Gasteiger partial charge on any atom is 0.299 e. The van der Waals surface area contributed by atoms with Crippen molar-refractivity contribution in [2.24, 2.45) is 0 Å². The number of carbonyl (C=O) groups excluding carboxylic acids is 2. The Hall–Kier alpha value is -2.15. The van der Waals surface area contributed by atoms with Gasteiger partial charge in [-0.25, -0.2) is 0 Å². The topological polar surface area (TPSA) is 92.6 Å². The highest BCUT2D eigenvalue weighted by Crippen LogP contribution is 2.37. The molecular formula is C13H14ClN3O4. The number of nitrogens with one attached hydrogen (secondary N) is 1. The fraction of sp³-hybridized carbons (Fsp3) is 0.385. The van der Waals surface area contributed by atoms with E-state index in [0.717, 1.165) is 0 Å². The van der Waals surface area contributed by atoms with E-state index >= 15 is 0 Å². The number of anilines is 1. The van der Waals surface area contributed by atoms with Crippen molar-refractivity contribution in [1.82, 2.24) is 4.90 Å². The molecule has 21 heavy (non-hydrogen) atoms. The van der Waals surface area contributed by atoms with Gasteiger partial charge in [0.25, 0.3) is 11.9 Å². The van der Waals surface area contributed by atoms with Gasteiger partial charge in [-0.15, -0.1) is 0 Å². The molecule has 112 valence electrons. The number of hydrogen-bond acceptors (Lipinski definition) is 4. The van der Waals surface area contributed by atoms with Crippen LogP contribution >= 0.6 is 11.6 Å². The van der Waals surface area contributed by atoms with Gasteiger partial charge in [-0.2, -0.15) is 0 Å². The molecule has 1 N–H and O–H groups in total. The molecule has 2 atom stereocenters. The van der Waals surface area contributed by atoms with E-state index < -0.39 is 22.8 Å². The van der Waals surface area contributed by atoms with Crippen LogP contribution in [-0.2, 0) is 9.59 Å². The molecule has 0 fully saturated rings. The molecule has 1 aromatic rings. The lowest BCUT2D eigenvalue weighted by molar-refractivity contribution is -0.511. The van der Waals surface area contributed by atoms with Gasteiger partial charge in [-0.05, 0) is 17.7 Å². The molecule has 0 spiro atoms. The summed E-state index contributed by atoms with van der Waals surface area (Å²) < 4.78 is 0. The first-order chi connectivity index (χ1) is 9.81. The summed E-state index contributed by atoms with van der Waals surface area (Å²) in [7, 11) is 3.13. The number of carbonyl (C=O) groups is 2. The van der Waals surface area contributed by atoms with Gasteiger partial charge in [-0.1, -0.05) is 17.7 Å². The number of hydrogen-bond donors (Lipinski definition) is 1. The third kappa shape index (κ3) is 2.97. The van der Waals surface area contributed by atoms with Crippen LogP contribution in [0.1, 0.15) is 17.9 Å². The van der Waals surface area contributed by atoms with Crippen molar-refractivity contribution in [2.75, 3.05) is 19.4 Å². The Balaban J connectivity index is 2.47. The average molecular weight is 312 g/mol. The van der Waals surface area contributed by atoms with E-state index in [1.165, 1.54) is 11.0 Å². The van der Waals surface area contributed by atoms with Crippen LogP contribution in [0, 0.1) is 10.1 Å². The molecule has 0 saturated heterocycles. The molecule has 1 aromatic carbocycles. The van der Waals surface area contributed by atoms with Crippen molar-refractivity contribution in [1.29, 1.82) is 0 Å². The van der Waals surface area contributed by atoms with E-state index in [1.54, 1.807) is 26.2 Å². The van der Waals surface area contributed by atoms with Crippen molar-refractivity contribution >= 4 is 29.1 Å². The normalized spacial score (nSPS) is 20.4. The summed E-state index contributed by atoms with van der Waals surface area (Å²) in [5.74, 6) is -1.82. The van der Waals surface area contributed by atoms with Crippen molar-refractivity contribution in [2.45, 2.75) is 18.4 Å². The highest BCUT2D eigenvalue weighted by atomic mass is 35.5. The van der Waals surface area contributed by atoms with Crippen molar-refractivity contribution in [3.63, 3.8) is 0 Å². The molecule has 0 aromatic heterocycles. The summed E-state index contributed by atoms with van der Waals surface area (Å²) in [4.78, 5) is 35.7. The van der Waals surface area contributed by atoms with Gasteiger partial charge in [0.2, 0.25) is 5.91 Å². The zero-order valence-electron chi connectivity index (χ0n) is 11.5. The Morgan fingerprint density at radius 1 is 1.48 bits per heavy atom. The molecule has 0 bridgehead atoms. The number of amides is 2.